The molecular weight excluding hydrogens is 1170 g/mol. The number of carbonyl (C=O) groups is 3. The normalized spacial score (nSPS) is 13.4. The molecule has 0 radical (unpaired) electrons. The first-order valence-corrected chi connectivity index (χ1v) is 39.3. The fourth-order valence-electron chi connectivity index (χ4n) is 11.0. The lowest BCUT2D eigenvalue weighted by Gasteiger charge is -2.25. The standard InChI is InChI=1S/C86H147NO8/c1-6-8-10-12-14-16-18-20-22-24-26-28-30-32-34-36-38-40-41-42-43-45-46-48-50-52-54-56-58-60-62-64-66-68-70-72-74-76-83(88)93-80-82(81-94-86(85(90)91)92-79-78-87(3,4)5)95-84(89)77-75-73-71-69-67-65-63-61-59-57-55-53-51-49-47-44-39-37-35-33-31-29-27-25-23-21-19-17-15-13-11-9-7-2/h8-11,14-17,20-23,26-29,32-35,39,44,82,86H,6-7,12-13,18-19,24-25,30-31,36-38,40-43,45-81H2,1-5H3/p+1/b10-8-,11-9-,16-14-,17-15-,22-20-,23-21-,28-26-,29-27-,34-32-,35-33-,44-39-. The first kappa shape index (κ1) is 90.4. The van der Waals surface area contributed by atoms with E-state index in [1.165, 1.54) is 199 Å². The Morgan fingerprint density at radius 3 is 0.842 bits per heavy atom. The third-order valence-electron chi connectivity index (χ3n) is 16.9. The van der Waals surface area contributed by atoms with Crippen LogP contribution in [0.25, 0.3) is 0 Å². The van der Waals surface area contributed by atoms with Gasteiger partial charge >= 0.3 is 17.9 Å². The second-order valence-corrected chi connectivity index (χ2v) is 27.3. The molecule has 0 aliphatic heterocycles. The van der Waals surface area contributed by atoms with E-state index in [0.717, 1.165) is 109 Å². The summed E-state index contributed by atoms with van der Waals surface area (Å²) in [5, 5.41) is 9.77. The minimum absolute atomic E-state index is 0.184. The molecular formula is C86H148NO8+. The van der Waals surface area contributed by atoms with E-state index in [4.69, 9.17) is 18.9 Å². The van der Waals surface area contributed by atoms with Gasteiger partial charge in [0.05, 0.1) is 34.4 Å². The highest BCUT2D eigenvalue weighted by atomic mass is 16.7. The van der Waals surface area contributed by atoms with Gasteiger partial charge < -0.3 is 28.5 Å². The Morgan fingerprint density at radius 1 is 0.316 bits per heavy atom. The van der Waals surface area contributed by atoms with Crippen LogP contribution in [0.1, 0.15) is 335 Å². The number of likely N-dealkylation sites (N-methyl/N-ethyl adjacent to an activating group) is 1. The van der Waals surface area contributed by atoms with Crippen molar-refractivity contribution in [2.45, 2.75) is 347 Å². The van der Waals surface area contributed by atoms with E-state index in [2.05, 4.69) is 148 Å². The van der Waals surface area contributed by atoms with E-state index in [1.54, 1.807) is 0 Å². The fourth-order valence-corrected chi connectivity index (χ4v) is 11.0. The van der Waals surface area contributed by atoms with Crippen molar-refractivity contribution in [1.29, 1.82) is 0 Å². The molecule has 2 unspecified atom stereocenters. The maximum Gasteiger partial charge on any atom is 0.361 e. The van der Waals surface area contributed by atoms with Gasteiger partial charge in [-0.05, 0) is 109 Å². The highest BCUT2D eigenvalue weighted by molar-refractivity contribution is 5.71. The number of allylic oxidation sites excluding steroid dienone is 22. The van der Waals surface area contributed by atoms with E-state index in [0.29, 0.717) is 17.4 Å². The molecule has 0 rings (SSSR count). The molecule has 0 aliphatic carbocycles. The van der Waals surface area contributed by atoms with Gasteiger partial charge in [0.15, 0.2) is 6.10 Å². The van der Waals surface area contributed by atoms with E-state index >= 15 is 0 Å². The number of carboxylic acid groups (broad SMARTS) is 1. The summed E-state index contributed by atoms with van der Waals surface area (Å²) in [5.41, 5.74) is 0. The lowest BCUT2D eigenvalue weighted by atomic mass is 10.0. The molecule has 0 aliphatic rings. The number of aliphatic carboxylic acids is 1. The first-order chi connectivity index (χ1) is 46.6. The van der Waals surface area contributed by atoms with Crippen molar-refractivity contribution in [3.05, 3.63) is 134 Å². The molecule has 0 spiro atoms. The van der Waals surface area contributed by atoms with Crippen LogP contribution in [0.2, 0.25) is 0 Å². The minimum atomic E-state index is -1.52. The average molecular weight is 1320 g/mol. The fraction of sp³-hybridized carbons (Fsp3) is 0.709. The summed E-state index contributed by atoms with van der Waals surface area (Å²) in [6, 6.07) is 0. The molecule has 0 amide bonds. The average Bonchev–Trinajstić information content (AvgIpc) is 3.75. The van der Waals surface area contributed by atoms with Crippen LogP contribution in [-0.2, 0) is 33.3 Å². The molecule has 0 fully saturated rings. The third kappa shape index (κ3) is 76.7. The van der Waals surface area contributed by atoms with Crippen LogP contribution in [0.15, 0.2) is 134 Å². The molecule has 2 atom stereocenters. The molecule has 1 N–H and O–H groups in total. The number of unbranched alkanes of at least 4 members (excludes halogenated alkanes) is 35. The summed E-state index contributed by atoms with van der Waals surface area (Å²) in [6.45, 7) is 4.68. The number of carboxylic acids is 1. The van der Waals surface area contributed by atoms with Crippen LogP contribution in [0.5, 0.6) is 0 Å². The lowest BCUT2D eigenvalue weighted by molar-refractivity contribution is -0.870. The maximum atomic E-state index is 13.0. The van der Waals surface area contributed by atoms with Gasteiger partial charge in [-0.25, -0.2) is 4.79 Å². The van der Waals surface area contributed by atoms with Crippen LogP contribution < -0.4 is 0 Å². The Morgan fingerprint density at radius 2 is 0.568 bits per heavy atom. The molecule has 0 heterocycles. The van der Waals surface area contributed by atoms with Gasteiger partial charge in [-0.15, -0.1) is 0 Å². The van der Waals surface area contributed by atoms with Crippen LogP contribution in [0, 0.1) is 0 Å². The van der Waals surface area contributed by atoms with Crippen molar-refractivity contribution in [2.24, 2.45) is 0 Å². The zero-order chi connectivity index (χ0) is 69.0. The summed E-state index contributed by atoms with van der Waals surface area (Å²) in [4.78, 5) is 37.7. The summed E-state index contributed by atoms with van der Waals surface area (Å²) in [6.07, 6.45) is 106. The van der Waals surface area contributed by atoms with E-state index in [-0.39, 0.29) is 32.2 Å². The first-order valence-electron chi connectivity index (χ1n) is 39.3. The lowest BCUT2D eigenvalue weighted by Crippen LogP contribution is -2.40. The van der Waals surface area contributed by atoms with Crippen molar-refractivity contribution in [1.82, 2.24) is 0 Å². The number of ether oxygens (including phenoxy) is 4. The van der Waals surface area contributed by atoms with Crippen molar-refractivity contribution < 1.29 is 42.9 Å². The summed E-state index contributed by atoms with van der Waals surface area (Å²) < 4.78 is 23.0. The third-order valence-corrected chi connectivity index (χ3v) is 16.9. The molecule has 544 valence electrons. The van der Waals surface area contributed by atoms with Crippen molar-refractivity contribution in [2.75, 3.05) is 47.5 Å². The van der Waals surface area contributed by atoms with E-state index < -0.39 is 24.3 Å². The molecule has 95 heavy (non-hydrogen) atoms. The molecule has 0 aromatic rings. The largest absolute Gasteiger partial charge is 0.477 e. The molecule has 0 bridgehead atoms. The predicted molar refractivity (Wildman–Crippen MR) is 410 cm³/mol. The Hall–Kier alpha value is -4.57. The smallest absolute Gasteiger partial charge is 0.361 e. The van der Waals surface area contributed by atoms with Gasteiger partial charge in [0.25, 0.3) is 6.29 Å². The Labute approximate surface area is 586 Å². The van der Waals surface area contributed by atoms with Gasteiger partial charge in [0.1, 0.15) is 13.2 Å². The van der Waals surface area contributed by atoms with Crippen molar-refractivity contribution >= 4 is 17.9 Å². The number of esters is 2. The summed E-state index contributed by atoms with van der Waals surface area (Å²) in [5.74, 6) is -1.99. The van der Waals surface area contributed by atoms with Crippen LogP contribution >= 0.6 is 0 Å². The zero-order valence-corrected chi connectivity index (χ0v) is 62.3. The van der Waals surface area contributed by atoms with Gasteiger partial charge in [0, 0.05) is 12.8 Å². The van der Waals surface area contributed by atoms with Gasteiger partial charge in [-0.1, -0.05) is 347 Å². The molecule has 9 nitrogen and oxygen atoms in total. The Kier molecular flexibility index (Phi) is 71.6. The molecule has 9 heteroatoms. The summed E-state index contributed by atoms with van der Waals surface area (Å²) in [7, 11) is 5.99. The van der Waals surface area contributed by atoms with Crippen molar-refractivity contribution in [3.8, 4) is 0 Å². The number of carbonyl (C=O) groups excluding carboxylic acids is 2. The van der Waals surface area contributed by atoms with Crippen molar-refractivity contribution in [3.63, 3.8) is 0 Å². The SMILES string of the molecule is CC/C=C\C/C=C\C/C=C\C/C=C\C/C=C\C/C=C\CCCCCCCCCCCCCCCCC(=O)OC(COC(=O)CCCCCCCCCCCCCCCCCCCCCCC/C=C\C/C=C\C/C=C\C/C=C\C/C=C\CC)COC(OCC[N+](C)(C)C)C(=O)O. The Balaban J connectivity index is 4.03. The summed E-state index contributed by atoms with van der Waals surface area (Å²) >= 11 is 0. The second-order valence-electron chi connectivity index (χ2n) is 27.3. The predicted octanol–water partition coefficient (Wildman–Crippen LogP) is 25.3. The number of nitrogens with zero attached hydrogens (tertiary/aromatic N) is 1. The van der Waals surface area contributed by atoms with Crippen LogP contribution in [0.4, 0.5) is 0 Å². The van der Waals surface area contributed by atoms with E-state index in [9.17, 15) is 19.5 Å². The van der Waals surface area contributed by atoms with E-state index in [1.807, 2.05) is 21.1 Å². The highest BCUT2D eigenvalue weighted by Gasteiger charge is 2.25. The molecule has 0 aromatic carbocycles. The molecule has 0 saturated heterocycles. The highest BCUT2D eigenvalue weighted by Crippen LogP contribution is 2.18. The molecule has 0 saturated carbocycles. The topological polar surface area (TPSA) is 108 Å². The van der Waals surface area contributed by atoms with Gasteiger partial charge in [-0.2, -0.15) is 0 Å². The quantitative estimate of drug-likeness (QED) is 0.0211. The number of hydrogen-bond acceptors (Lipinski definition) is 7. The number of rotatable bonds is 72. The monoisotopic (exact) mass is 1320 g/mol. The number of quaternary nitrogens is 1. The maximum absolute atomic E-state index is 13.0. The van der Waals surface area contributed by atoms with Crippen LogP contribution in [0.3, 0.4) is 0 Å². The zero-order valence-electron chi connectivity index (χ0n) is 62.3. The minimum Gasteiger partial charge on any atom is -0.477 e. The Bertz CT molecular complexity index is 2030. The van der Waals surface area contributed by atoms with Gasteiger partial charge in [0.2, 0.25) is 0 Å². The van der Waals surface area contributed by atoms with Gasteiger partial charge in [-0.3, -0.25) is 9.59 Å². The molecule has 0 aromatic heterocycles. The number of hydrogen-bond donors (Lipinski definition) is 1. The second kappa shape index (κ2) is 75.2. The van der Waals surface area contributed by atoms with Crippen LogP contribution in [-0.4, -0.2) is 87.4 Å².